The summed E-state index contributed by atoms with van der Waals surface area (Å²) in [5.41, 5.74) is -7.47. The topological polar surface area (TPSA) is 77.1 Å². The maximum absolute atomic E-state index is 13.0. The second-order valence-electron chi connectivity index (χ2n) is 5.34. The van der Waals surface area contributed by atoms with Crippen LogP contribution in [0.25, 0.3) is 5.69 Å². The molecule has 0 radical (unpaired) electrons. The molecule has 0 aliphatic heterocycles. The summed E-state index contributed by atoms with van der Waals surface area (Å²) in [6.45, 7) is -0.643. The van der Waals surface area contributed by atoms with Crippen molar-refractivity contribution < 1.29 is 40.0 Å². The Morgan fingerprint density at radius 2 is 1.80 bits per heavy atom. The first-order chi connectivity index (χ1) is 13.8. The molecule has 164 valence electrons. The monoisotopic (exact) mass is 495 g/mol. The highest BCUT2D eigenvalue weighted by atomic mass is 35.5. The molecular formula is C15H9Cl2F6N3O3S. The standard InChI is InChI=1S/C15H9Cl2F6N3O3S/c1-28-13(29-3-2-24)12-10(30(27)15(21,22)23)6-25-26(12)11-8(16)4-7(5-9(11)17)14(18,19)20/h4-6,13H,3H2,1H3. The Morgan fingerprint density at radius 1 is 1.23 bits per heavy atom. The summed E-state index contributed by atoms with van der Waals surface area (Å²) >= 11 is 11.8. The van der Waals surface area contributed by atoms with Crippen molar-refractivity contribution in [3.05, 3.63) is 39.6 Å². The second-order valence-corrected chi connectivity index (χ2v) is 7.60. The predicted molar refractivity (Wildman–Crippen MR) is 92.4 cm³/mol. The van der Waals surface area contributed by atoms with Gasteiger partial charge in [0.1, 0.15) is 18.0 Å². The lowest BCUT2D eigenvalue weighted by molar-refractivity contribution is -0.137. The van der Waals surface area contributed by atoms with Crippen LogP contribution in [0.4, 0.5) is 26.3 Å². The summed E-state index contributed by atoms with van der Waals surface area (Å²) < 4.78 is 100. The molecule has 0 spiro atoms. The number of halogens is 8. The number of alkyl halides is 6. The largest absolute Gasteiger partial charge is 0.475 e. The van der Waals surface area contributed by atoms with Crippen LogP contribution in [0.1, 0.15) is 17.5 Å². The molecule has 30 heavy (non-hydrogen) atoms. The fraction of sp³-hybridized carbons (Fsp3) is 0.333. The van der Waals surface area contributed by atoms with E-state index < -0.39 is 67.3 Å². The number of ether oxygens (including phenoxy) is 2. The van der Waals surface area contributed by atoms with E-state index in [0.29, 0.717) is 23.0 Å². The smallest absolute Gasteiger partial charge is 0.350 e. The van der Waals surface area contributed by atoms with Gasteiger partial charge in [0, 0.05) is 7.11 Å². The van der Waals surface area contributed by atoms with Gasteiger partial charge in [-0.1, -0.05) is 23.2 Å². The van der Waals surface area contributed by atoms with Gasteiger partial charge in [-0.3, -0.25) is 0 Å². The Bertz CT molecular complexity index is 980. The summed E-state index contributed by atoms with van der Waals surface area (Å²) in [5, 5.41) is 11.1. The molecular weight excluding hydrogens is 487 g/mol. The summed E-state index contributed by atoms with van der Waals surface area (Å²) in [7, 11) is -2.61. The Labute approximate surface area is 177 Å². The van der Waals surface area contributed by atoms with E-state index in [0.717, 1.165) is 7.11 Å². The molecule has 2 rings (SSSR count). The van der Waals surface area contributed by atoms with E-state index in [1.54, 1.807) is 6.07 Å². The van der Waals surface area contributed by atoms with E-state index >= 15 is 0 Å². The van der Waals surface area contributed by atoms with E-state index in [9.17, 15) is 30.6 Å². The number of nitrogens with zero attached hydrogens (tertiary/aromatic N) is 3. The van der Waals surface area contributed by atoms with Gasteiger partial charge >= 0.3 is 11.7 Å². The van der Waals surface area contributed by atoms with Crippen molar-refractivity contribution in [2.45, 2.75) is 22.9 Å². The summed E-state index contributed by atoms with van der Waals surface area (Å²) in [6.07, 6.45) is -5.94. The number of methoxy groups -OCH3 is 1. The number of rotatable bonds is 6. The Balaban J connectivity index is 2.77. The molecule has 1 aromatic carbocycles. The minimum Gasteiger partial charge on any atom is -0.350 e. The van der Waals surface area contributed by atoms with Crippen molar-refractivity contribution in [2.24, 2.45) is 0 Å². The van der Waals surface area contributed by atoms with Crippen LogP contribution in [0, 0.1) is 11.3 Å². The van der Waals surface area contributed by atoms with Crippen LogP contribution < -0.4 is 0 Å². The second kappa shape index (κ2) is 9.11. The third-order valence-electron chi connectivity index (χ3n) is 3.47. The van der Waals surface area contributed by atoms with Crippen molar-refractivity contribution in [3.8, 4) is 11.8 Å². The molecule has 2 atom stereocenters. The molecule has 0 aliphatic carbocycles. The fourth-order valence-electron chi connectivity index (χ4n) is 2.31. The quantitative estimate of drug-likeness (QED) is 0.415. The van der Waals surface area contributed by atoms with E-state index in [2.05, 4.69) is 5.10 Å². The number of hydrogen-bond donors (Lipinski definition) is 0. The van der Waals surface area contributed by atoms with Crippen molar-refractivity contribution >= 4 is 34.0 Å². The van der Waals surface area contributed by atoms with Crippen LogP contribution in [0.2, 0.25) is 10.0 Å². The van der Waals surface area contributed by atoms with Gasteiger partial charge in [0.2, 0.25) is 6.29 Å². The molecule has 0 bridgehead atoms. The van der Waals surface area contributed by atoms with Gasteiger partial charge < -0.3 is 9.47 Å². The molecule has 0 N–H and O–H groups in total. The van der Waals surface area contributed by atoms with Crippen molar-refractivity contribution in [1.82, 2.24) is 9.78 Å². The molecule has 0 aliphatic rings. The van der Waals surface area contributed by atoms with Crippen molar-refractivity contribution in [3.63, 3.8) is 0 Å². The third kappa shape index (κ3) is 5.06. The van der Waals surface area contributed by atoms with E-state index in [1.807, 2.05) is 0 Å². The first kappa shape index (κ1) is 24.4. The lowest BCUT2D eigenvalue weighted by Gasteiger charge is -2.20. The highest BCUT2D eigenvalue weighted by Crippen LogP contribution is 2.40. The molecule has 2 unspecified atom stereocenters. The summed E-state index contributed by atoms with van der Waals surface area (Å²) in [5.74, 6) is 0. The molecule has 15 heteroatoms. The third-order valence-corrected chi connectivity index (χ3v) is 5.18. The average molecular weight is 496 g/mol. The number of nitriles is 1. The summed E-state index contributed by atoms with van der Waals surface area (Å²) in [4.78, 5) is -0.917. The van der Waals surface area contributed by atoms with Crippen LogP contribution in [0.3, 0.4) is 0 Å². The van der Waals surface area contributed by atoms with E-state index in [1.165, 1.54) is 0 Å². The highest BCUT2D eigenvalue weighted by Gasteiger charge is 2.42. The van der Waals surface area contributed by atoms with Crippen LogP contribution in [0.15, 0.2) is 23.2 Å². The molecule has 6 nitrogen and oxygen atoms in total. The van der Waals surface area contributed by atoms with Crippen LogP contribution in [-0.2, 0) is 26.4 Å². The number of hydrogen-bond acceptors (Lipinski definition) is 5. The van der Waals surface area contributed by atoms with Crippen molar-refractivity contribution in [2.75, 3.05) is 13.7 Å². The Kier molecular flexibility index (Phi) is 7.41. The zero-order valence-electron chi connectivity index (χ0n) is 14.5. The molecule has 0 fully saturated rings. The minimum atomic E-state index is -5.20. The van der Waals surface area contributed by atoms with Gasteiger partial charge in [0.25, 0.3) is 0 Å². The SMILES string of the molecule is COC(OCC#N)c1c(S(=O)C(F)(F)F)cnn1-c1c(Cl)cc(C(F)(F)F)cc1Cl. The van der Waals surface area contributed by atoms with Crippen LogP contribution in [0.5, 0.6) is 0 Å². The maximum atomic E-state index is 13.0. The van der Waals surface area contributed by atoms with Gasteiger partial charge in [-0.25, -0.2) is 8.89 Å². The van der Waals surface area contributed by atoms with Gasteiger partial charge in [0.05, 0.1) is 32.8 Å². The normalized spacial score (nSPS) is 14.4. The van der Waals surface area contributed by atoms with E-state index in [4.69, 9.17) is 37.9 Å². The molecule has 1 heterocycles. The first-order valence-electron chi connectivity index (χ1n) is 7.47. The lowest BCUT2D eigenvalue weighted by Crippen LogP contribution is -2.21. The molecule has 1 aromatic heterocycles. The van der Waals surface area contributed by atoms with Gasteiger partial charge in [-0.2, -0.15) is 36.7 Å². The minimum absolute atomic E-state index is 0.436. The zero-order valence-corrected chi connectivity index (χ0v) is 16.8. The van der Waals surface area contributed by atoms with Crippen LogP contribution in [-0.4, -0.2) is 33.2 Å². The zero-order chi connectivity index (χ0) is 22.9. The average Bonchev–Trinajstić information content (AvgIpc) is 3.04. The fourth-order valence-corrected chi connectivity index (χ4v) is 3.72. The lowest BCUT2D eigenvalue weighted by atomic mass is 10.2. The molecule has 2 aromatic rings. The van der Waals surface area contributed by atoms with Gasteiger partial charge in [0.15, 0.2) is 10.8 Å². The number of aromatic nitrogens is 2. The van der Waals surface area contributed by atoms with Crippen molar-refractivity contribution in [1.29, 1.82) is 5.26 Å². The van der Waals surface area contributed by atoms with E-state index in [-0.39, 0.29) is 0 Å². The Hall–Kier alpha value is -1.85. The predicted octanol–water partition coefficient (Wildman–Crippen LogP) is 5.01. The number of benzene rings is 1. The molecule has 0 saturated heterocycles. The maximum Gasteiger partial charge on any atom is 0.475 e. The Morgan fingerprint density at radius 3 is 2.23 bits per heavy atom. The van der Waals surface area contributed by atoms with Gasteiger partial charge in [-0.05, 0) is 12.1 Å². The summed E-state index contributed by atoms with van der Waals surface area (Å²) in [6, 6.07) is 2.56. The molecule has 0 saturated carbocycles. The highest BCUT2D eigenvalue weighted by molar-refractivity contribution is 7.86. The first-order valence-corrected chi connectivity index (χ1v) is 9.38. The van der Waals surface area contributed by atoms with Gasteiger partial charge in [-0.15, -0.1) is 0 Å². The molecule has 0 amide bonds. The van der Waals surface area contributed by atoms with Crippen LogP contribution >= 0.6 is 23.2 Å².